The van der Waals surface area contributed by atoms with E-state index < -0.39 is 17.8 Å². The summed E-state index contributed by atoms with van der Waals surface area (Å²) in [6.45, 7) is 10.9. The van der Waals surface area contributed by atoms with E-state index in [1.54, 1.807) is 5.57 Å². The molecule has 3 N–H and O–H groups in total. The molecule has 31 heavy (non-hydrogen) atoms. The van der Waals surface area contributed by atoms with Crippen LogP contribution in [0.15, 0.2) is 23.3 Å². The molecule has 0 bridgehead atoms. The van der Waals surface area contributed by atoms with Crippen LogP contribution in [0.3, 0.4) is 0 Å². The molecule has 0 radical (unpaired) electrons. The molecule has 0 aromatic heterocycles. The van der Waals surface area contributed by atoms with E-state index in [2.05, 4.69) is 32.9 Å². The van der Waals surface area contributed by atoms with Gasteiger partial charge in [-0.15, -0.1) is 0 Å². The summed E-state index contributed by atoms with van der Waals surface area (Å²) in [5.41, 5.74) is 2.66. The number of aliphatic hydroxyl groups excluding tert-OH is 2. The maximum absolute atomic E-state index is 10.4. The normalized spacial score (nSPS) is 38.9. The standard InChI is InChI=1S/C28H48O3/c1-6-22-25(29)17-20(18-26(22)30)11-12-21-10-8-16-28(5)23(13-14-24(21)28)19(2)9-7-15-27(3,4)31/h11-12,19,22-26,29-31H,6-10,13-18H2,1-5H3/b20-11?,21-12+/t19-,22?,23+,24-,25+,26+,28+/m0/s1. The van der Waals surface area contributed by atoms with Gasteiger partial charge in [0.1, 0.15) is 0 Å². The molecular formula is C28H48O3. The molecule has 3 saturated carbocycles. The minimum Gasteiger partial charge on any atom is -0.392 e. The lowest BCUT2D eigenvalue weighted by molar-refractivity contribution is -0.00700. The predicted molar refractivity (Wildman–Crippen MR) is 129 cm³/mol. The highest BCUT2D eigenvalue weighted by Gasteiger charge is 2.50. The predicted octanol–water partition coefficient (Wildman–Crippen LogP) is 6.17. The molecular weight excluding hydrogens is 384 g/mol. The van der Waals surface area contributed by atoms with Crippen molar-refractivity contribution < 1.29 is 15.3 Å². The van der Waals surface area contributed by atoms with Crippen molar-refractivity contribution in [3.8, 4) is 0 Å². The number of rotatable bonds is 7. The summed E-state index contributed by atoms with van der Waals surface area (Å²) < 4.78 is 0. The van der Waals surface area contributed by atoms with Gasteiger partial charge in [0.15, 0.2) is 0 Å². The average molecular weight is 433 g/mol. The van der Waals surface area contributed by atoms with Crippen molar-refractivity contribution >= 4 is 0 Å². The number of hydrogen-bond donors (Lipinski definition) is 3. The molecule has 3 fully saturated rings. The largest absolute Gasteiger partial charge is 0.392 e. The highest BCUT2D eigenvalue weighted by Crippen LogP contribution is 2.60. The fourth-order valence-electron chi connectivity index (χ4n) is 7.36. The van der Waals surface area contributed by atoms with Crippen LogP contribution in [0.1, 0.15) is 105 Å². The van der Waals surface area contributed by atoms with Gasteiger partial charge >= 0.3 is 0 Å². The zero-order chi connectivity index (χ0) is 22.8. The summed E-state index contributed by atoms with van der Waals surface area (Å²) in [6, 6.07) is 0. The minimum atomic E-state index is -0.548. The van der Waals surface area contributed by atoms with Crippen LogP contribution in [0.2, 0.25) is 0 Å². The zero-order valence-electron chi connectivity index (χ0n) is 20.7. The molecule has 3 nitrogen and oxygen atoms in total. The Labute approximate surface area is 191 Å². The molecule has 0 saturated heterocycles. The second kappa shape index (κ2) is 10.1. The summed E-state index contributed by atoms with van der Waals surface area (Å²) in [5, 5.41) is 30.9. The van der Waals surface area contributed by atoms with Gasteiger partial charge in [0.25, 0.3) is 0 Å². The van der Waals surface area contributed by atoms with Crippen LogP contribution < -0.4 is 0 Å². The van der Waals surface area contributed by atoms with Crippen LogP contribution >= 0.6 is 0 Å². The number of allylic oxidation sites excluding steroid dienone is 3. The van der Waals surface area contributed by atoms with Crippen molar-refractivity contribution in [3.05, 3.63) is 23.3 Å². The third-order valence-electron chi connectivity index (χ3n) is 9.11. The molecule has 3 rings (SSSR count). The molecule has 0 aliphatic heterocycles. The van der Waals surface area contributed by atoms with Crippen molar-refractivity contribution in [1.82, 2.24) is 0 Å². The monoisotopic (exact) mass is 432 g/mol. The summed E-state index contributed by atoms with van der Waals surface area (Å²) in [7, 11) is 0. The molecule has 0 amide bonds. The maximum Gasteiger partial charge on any atom is 0.0630 e. The van der Waals surface area contributed by atoms with E-state index in [1.165, 1.54) is 44.1 Å². The van der Waals surface area contributed by atoms with Gasteiger partial charge in [-0.3, -0.25) is 0 Å². The Hall–Kier alpha value is -0.640. The van der Waals surface area contributed by atoms with E-state index in [9.17, 15) is 15.3 Å². The smallest absolute Gasteiger partial charge is 0.0630 e. The summed E-state index contributed by atoms with van der Waals surface area (Å²) in [4.78, 5) is 0. The molecule has 6 atom stereocenters. The van der Waals surface area contributed by atoms with Gasteiger partial charge in [0.2, 0.25) is 0 Å². The van der Waals surface area contributed by atoms with Crippen LogP contribution in [0, 0.1) is 29.1 Å². The Balaban J connectivity index is 1.66. The molecule has 3 aliphatic rings. The second-order valence-corrected chi connectivity index (χ2v) is 12.0. The van der Waals surface area contributed by atoms with Crippen molar-refractivity contribution in [2.45, 2.75) is 123 Å². The second-order valence-electron chi connectivity index (χ2n) is 12.0. The fraction of sp³-hybridized carbons (Fsp3) is 0.857. The molecule has 3 heteroatoms. The van der Waals surface area contributed by atoms with Crippen molar-refractivity contribution in [2.24, 2.45) is 29.1 Å². The third kappa shape index (κ3) is 5.84. The Kier molecular flexibility index (Phi) is 8.14. The highest BCUT2D eigenvalue weighted by molar-refractivity contribution is 5.26. The quantitative estimate of drug-likeness (QED) is 0.450. The van der Waals surface area contributed by atoms with Crippen LogP contribution in [-0.4, -0.2) is 33.1 Å². The van der Waals surface area contributed by atoms with E-state index in [0.717, 1.165) is 25.2 Å². The minimum absolute atomic E-state index is 0.0243. The van der Waals surface area contributed by atoms with Gasteiger partial charge in [-0.05, 0) is 94.8 Å². The first kappa shape index (κ1) is 25.0. The lowest BCUT2D eigenvalue weighted by atomic mass is 9.60. The van der Waals surface area contributed by atoms with E-state index in [0.29, 0.717) is 30.1 Å². The summed E-state index contributed by atoms with van der Waals surface area (Å²) in [5.74, 6) is 2.20. The van der Waals surface area contributed by atoms with E-state index in [-0.39, 0.29) is 5.92 Å². The number of hydrogen-bond acceptors (Lipinski definition) is 3. The van der Waals surface area contributed by atoms with Gasteiger partial charge in [-0.2, -0.15) is 0 Å². The van der Waals surface area contributed by atoms with Crippen LogP contribution in [0.5, 0.6) is 0 Å². The van der Waals surface area contributed by atoms with Gasteiger partial charge in [0.05, 0.1) is 17.8 Å². The third-order valence-corrected chi connectivity index (χ3v) is 9.11. The summed E-state index contributed by atoms with van der Waals surface area (Å²) >= 11 is 0. The Morgan fingerprint density at radius 2 is 1.81 bits per heavy atom. The van der Waals surface area contributed by atoms with E-state index >= 15 is 0 Å². The topological polar surface area (TPSA) is 60.7 Å². The van der Waals surface area contributed by atoms with Gasteiger partial charge in [0, 0.05) is 5.92 Å². The first-order valence-corrected chi connectivity index (χ1v) is 13.0. The van der Waals surface area contributed by atoms with Gasteiger partial charge in [-0.25, -0.2) is 0 Å². The Morgan fingerprint density at radius 1 is 1.13 bits per heavy atom. The Morgan fingerprint density at radius 3 is 2.42 bits per heavy atom. The first-order valence-electron chi connectivity index (χ1n) is 13.0. The van der Waals surface area contributed by atoms with Crippen molar-refractivity contribution in [2.75, 3.05) is 0 Å². The molecule has 178 valence electrons. The van der Waals surface area contributed by atoms with Crippen LogP contribution in [0.4, 0.5) is 0 Å². The maximum atomic E-state index is 10.4. The molecule has 0 aromatic rings. The van der Waals surface area contributed by atoms with E-state index in [1.807, 2.05) is 13.8 Å². The van der Waals surface area contributed by atoms with E-state index in [4.69, 9.17) is 0 Å². The average Bonchev–Trinajstić information content (AvgIpc) is 3.02. The molecule has 0 aromatic carbocycles. The molecule has 0 heterocycles. The first-order chi connectivity index (χ1) is 14.5. The number of aliphatic hydroxyl groups is 3. The Bertz CT molecular complexity index is 644. The highest BCUT2D eigenvalue weighted by atomic mass is 16.3. The molecule has 0 spiro atoms. The molecule has 3 aliphatic carbocycles. The van der Waals surface area contributed by atoms with Crippen LogP contribution in [0.25, 0.3) is 0 Å². The SMILES string of the molecule is CCC1[C@H](O)CC(=C/C=C2\CCC[C@]3(C)[C@@H]([C@@H](C)CCCC(C)(C)O)CC[C@@H]23)C[C@H]1O. The lowest BCUT2D eigenvalue weighted by Gasteiger charge is -2.44. The van der Waals surface area contributed by atoms with Crippen molar-refractivity contribution in [3.63, 3.8) is 0 Å². The summed E-state index contributed by atoms with van der Waals surface area (Å²) in [6.07, 6.45) is 15.7. The van der Waals surface area contributed by atoms with Gasteiger partial charge < -0.3 is 15.3 Å². The fourth-order valence-corrected chi connectivity index (χ4v) is 7.36. The number of fused-ring (bicyclic) bond motifs is 1. The van der Waals surface area contributed by atoms with Crippen LogP contribution in [-0.2, 0) is 0 Å². The molecule has 0 unspecified atom stereocenters. The van der Waals surface area contributed by atoms with Gasteiger partial charge in [-0.1, -0.05) is 56.9 Å². The van der Waals surface area contributed by atoms with Crippen molar-refractivity contribution in [1.29, 1.82) is 0 Å². The zero-order valence-corrected chi connectivity index (χ0v) is 20.7. The lowest BCUT2D eigenvalue weighted by Crippen LogP contribution is -2.36.